The molecular weight excluding hydrogens is 426 g/mol. The van der Waals surface area contributed by atoms with Crippen LogP contribution in [-0.4, -0.2) is 60.1 Å². The minimum absolute atomic E-state index is 0.000297. The summed E-state index contributed by atoms with van der Waals surface area (Å²) >= 11 is 6.08. The van der Waals surface area contributed by atoms with Crippen LogP contribution in [0.5, 0.6) is 0 Å². The number of hydrogen-bond donors (Lipinski definition) is 1. The van der Waals surface area contributed by atoms with Gasteiger partial charge >= 0.3 is 0 Å². The minimum Gasteiger partial charge on any atom is -0.340 e. The summed E-state index contributed by atoms with van der Waals surface area (Å²) in [4.78, 5) is 41.2. The Hall–Kier alpha value is -2.70. The summed E-state index contributed by atoms with van der Waals surface area (Å²) in [5.74, 6) is -0.0968. The molecule has 6 nitrogen and oxygen atoms in total. The Balaban J connectivity index is 1.19. The average molecular weight is 454 g/mol. The maximum Gasteiger partial charge on any atom is 0.238 e. The van der Waals surface area contributed by atoms with Crippen molar-refractivity contribution >= 4 is 34.9 Å². The number of anilines is 1. The Bertz CT molecular complexity index is 1020. The molecule has 4 rings (SSSR count). The number of halogens is 1. The van der Waals surface area contributed by atoms with Crippen molar-refractivity contribution in [1.29, 1.82) is 0 Å². The standard InChI is InChI=1S/C25H28ClN3O3/c26-21-6-1-2-7-22(21)27-24(31)17-28-12-14-29(15-13-28)25(32)11-10-23(30)20-9-8-18-4-3-5-19(18)16-20/h1-2,6-9,16H,3-5,10-15,17H2,(H,27,31). The van der Waals surface area contributed by atoms with E-state index in [1.807, 2.05) is 29.2 Å². The van der Waals surface area contributed by atoms with Crippen LogP contribution in [0.25, 0.3) is 0 Å². The van der Waals surface area contributed by atoms with Crippen molar-refractivity contribution in [3.8, 4) is 0 Å². The number of nitrogens with zero attached hydrogens (tertiary/aromatic N) is 2. The number of carbonyl (C=O) groups is 3. The van der Waals surface area contributed by atoms with Gasteiger partial charge in [0.05, 0.1) is 17.3 Å². The fourth-order valence-electron chi connectivity index (χ4n) is 4.38. The van der Waals surface area contributed by atoms with Crippen molar-refractivity contribution < 1.29 is 14.4 Å². The van der Waals surface area contributed by atoms with Crippen LogP contribution >= 0.6 is 11.6 Å². The Morgan fingerprint density at radius 1 is 0.906 bits per heavy atom. The van der Waals surface area contributed by atoms with Crippen molar-refractivity contribution in [1.82, 2.24) is 9.80 Å². The molecular formula is C25H28ClN3O3. The van der Waals surface area contributed by atoms with Gasteiger partial charge < -0.3 is 10.2 Å². The lowest BCUT2D eigenvalue weighted by Crippen LogP contribution is -2.50. The van der Waals surface area contributed by atoms with E-state index in [4.69, 9.17) is 11.6 Å². The first-order chi connectivity index (χ1) is 15.5. The van der Waals surface area contributed by atoms with Gasteiger partial charge in [-0.2, -0.15) is 0 Å². The van der Waals surface area contributed by atoms with Crippen LogP contribution in [0.4, 0.5) is 5.69 Å². The van der Waals surface area contributed by atoms with Crippen LogP contribution in [0.1, 0.15) is 40.7 Å². The molecule has 2 aromatic carbocycles. The number of benzene rings is 2. The summed E-state index contributed by atoms with van der Waals surface area (Å²) < 4.78 is 0. The van der Waals surface area contributed by atoms with Gasteiger partial charge in [-0.3, -0.25) is 19.3 Å². The van der Waals surface area contributed by atoms with E-state index in [0.29, 0.717) is 42.5 Å². The van der Waals surface area contributed by atoms with Gasteiger partial charge in [-0.05, 0) is 48.6 Å². The maximum absolute atomic E-state index is 12.6. The van der Waals surface area contributed by atoms with E-state index >= 15 is 0 Å². The van der Waals surface area contributed by atoms with Gasteiger partial charge in [0.1, 0.15) is 0 Å². The number of nitrogens with one attached hydrogen (secondary N) is 1. The summed E-state index contributed by atoms with van der Waals surface area (Å²) in [6.07, 6.45) is 3.74. The lowest BCUT2D eigenvalue weighted by Gasteiger charge is -2.34. The number of carbonyl (C=O) groups excluding carboxylic acids is 3. The number of aryl methyl sites for hydroxylation is 2. The topological polar surface area (TPSA) is 69.7 Å². The molecule has 2 aromatic rings. The van der Waals surface area contributed by atoms with Crippen LogP contribution in [0.15, 0.2) is 42.5 Å². The van der Waals surface area contributed by atoms with Crippen LogP contribution in [0.2, 0.25) is 5.02 Å². The maximum atomic E-state index is 12.6. The predicted molar refractivity (Wildman–Crippen MR) is 125 cm³/mol. The minimum atomic E-state index is -0.127. The molecule has 1 aliphatic carbocycles. The first-order valence-electron chi connectivity index (χ1n) is 11.2. The van der Waals surface area contributed by atoms with Gasteiger partial charge in [0.2, 0.25) is 11.8 Å². The highest BCUT2D eigenvalue weighted by Crippen LogP contribution is 2.24. The molecule has 0 atom stereocenters. The van der Waals surface area contributed by atoms with Crippen molar-refractivity contribution in [2.75, 3.05) is 38.0 Å². The molecule has 0 radical (unpaired) electrons. The van der Waals surface area contributed by atoms with Gasteiger partial charge in [-0.15, -0.1) is 0 Å². The highest BCUT2D eigenvalue weighted by molar-refractivity contribution is 6.33. The third-order valence-electron chi connectivity index (χ3n) is 6.23. The SMILES string of the molecule is O=C(CN1CCN(C(=O)CCC(=O)c2ccc3c(c2)CCC3)CC1)Nc1ccccc1Cl. The summed E-state index contributed by atoms with van der Waals surface area (Å²) in [5, 5.41) is 3.33. The smallest absolute Gasteiger partial charge is 0.238 e. The van der Waals surface area contributed by atoms with Crippen molar-refractivity contribution in [3.63, 3.8) is 0 Å². The second kappa shape index (κ2) is 10.3. The highest BCUT2D eigenvalue weighted by Gasteiger charge is 2.23. The van der Waals surface area contributed by atoms with Gasteiger partial charge in [-0.25, -0.2) is 0 Å². The molecule has 1 N–H and O–H groups in total. The summed E-state index contributed by atoms with van der Waals surface area (Å²) in [6, 6.07) is 13.1. The summed E-state index contributed by atoms with van der Waals surface area (Å²) in [5.41, 5.74) is 3.93. The molecule has 1 aliphatic heterocycles. The number of ketones is 1. The van der Waals surface area contributed by atoms with Crippen LogP contribution < -0.4 is 5.32 Å². The number of hydrogen-bond acceptors (Lipinski definition) is 4. The molecule has 1 fully saturated rings. The fraction of sp³-hybridized carbons (Fsp3) is 0.400. The molecule has 2 amide bonds. The molecule has 1 saturated heterocycles. The van der Waals surface area contributed by atoms with Gasteiger partial charge in [0.25, 0.3) is 0 Å². The zero-order valence-electron chi connectivity index (χ0n) is 18.1. The number of amides is 2. The first-order valence-corrected chi connectivity index (χ1v) is 11.6. The van der Waals surface area contributed by atoms with Crippen LogP contribution in [-0.2, 0) is 22.4 Å². The normalized spacial score (nSPS) is 16.0. The number of fused-ring (bicyclic) bond motifs is 1. The van der Waals surface area contributed by atoms with Crippen molar-refractivity contribution in [2.45, 2.75) is 32.1 Å². The summed E-state index contributed by atoms with van der Waals surface area (Å²) in [6.45, 7) is 2.63. The molecule has 0 bridgehead atoms. The Labute approximate surface area is 193 Å². The Kier molecular flexibility index (Phi) is 7.22. The lowest BCUT2D eigenvalue weighted by atomic mass is 10.0. The van der Waals surface area contributed by atoms with E-state index in [0.717, 1.165) is 19.3 Å². The number of para-hydroxylation sites is 1. The molecule has 0 saturated carbocycles. The molecule has 0 aromatic heterocycles. The van der Waals surface area contributed by atoms with Gasteiger partial charge in [0, 0.05) is 44.6 Å². The Morgan fingerprint density at radius 2 is 1.66 bits per heavy atom. The second-order valence-electron chi connectivity index (χ2n) is 8.45. The zero-order valence-corrected chi connectivity index (χ0v) is 18.9. The van der Waals surface area contributed by atoms with Gasteiger partial charge in [0.15, 0.2) is 5.78 Å². The fourth-order valence-corrected chi connectivity index (χ4v) is 4.56. The average Bonchev–Trinajstić information content (AvgIpc) is 3.27. The van der Waals surface area contributed by atoms with E-state index < -0.39 is 0 Å². The molecule has 32 heavy (non-hydrogen) atoms. The monoisotopic (exact) mass is 453 g/mol. The number of rotatable bonds is 7. The zero-order chi connectivity index (χ0) is 22.5. The van der Waals surface area contributed by atoms with Crippen molar-refractivity contribution in [2.24, 2.45) is 0 Å². The summed E-state index contributed by atoms with van der Waals surface area (Å²) in [7, 11) is 0. The lowest BCUT2D eigenvalue weighted by molar-refractivity contribution is -0.133. The van der Waals surface area contributed by atoms with Crippen molar-refractivity contribution in [3.05, 3.63) is 64.2 Å². The van der Waals surface area contributed by atoms with Crippen LogP contribution in [0, 0.1) is 0 Å². The third kappa shape index (κ3) is 5.56. The van der Waals surface area contributed by atoms with E-state index in [-0.39, 0.29) is 37.0 Å². The van der Waals surface area contributed by atoms with E-state index in [1.165, 1.54) is 11.1 Å². The highest BCUT2D eigenvalue weighted by atomic mass is 35.5. The quantitative estimate of drug-likeness (QED) is 0.650. The Morgan fingerprint density at radius 3 is 2.44 bits per heavy atom. The first kappa shape index (κ1) is 22.5. The molecule has 168 valence electrons. The predicted octanol–water partition coefficient (Wildman–Crippen LogP) is 3.57. The number of piperazine rings is 1. The van der Waals surface area contributed by atoms with E-state index in [1.54, 1.807) is 17.0 Å². The number of Topliss-reactive ketones (excluding diaryl/α,β-unsaturated/α-hetero) is 1. The third-order valence-corrected chi connectivity index (χ3v) is 6.56. The second-order valence-corrected chi connectivity index (χ2v) is 8.85. The molecule has 0 spiro atoms. The molecule has 2 aliphatic rings. The molecule has 7 heteroatoms. The van der Waals surface area contributed by atoms with E-state index in [2.05, 4.69) is 11.4 Å². The van der Waals surface area contributed by atoms with Crippen LogP contribution in [0.3, 0.4) is 0 Å². The molecule has 0 unspecified atom stereocenters. The van der Waals surface area contributed by atoms with E-state index in [9.17, 15) is 14.4 Å². The largest absolute Gasteiger partial charge is 0.340 e. The van der Waals surface area contributed by atoms with Gasteiger partial charge in [-0.1, -0.05) is 35.9 Å². The molecule has 1 heterocycles.